The summed E-state index contributed by atoms with van der Waals surface area (Å²) in [5.74, 6) is -0.0209. The van der Waals surface area contributed by atoms with E-state index in [4.69, 9.17) is 4.74 Å². The minimum absolute atomic E-state index is 0.00947. The second kappa shape index (κ2) is 66.8. The Hall–Kier alpha value is -1.66. The zero-order valence-electron chi connectivity index (χ0n) is 52.2. The Morgan fingerprint density at radius 2 is 0.649 bits per heavy atom. The van der Waals surface area contributed by atoms with E-state index in [2.05, 4.69) is 43.5 Å². The first kappa shape index (κ1) is 75.3. The second-order valence-corrected chi connectivity index (χ2v) is 24.2. The van der Waals surface area contributed by atoms with Crippen molar-refractivity contribution in [3.05, 3.63) is 24.3 Å². The molecule has 1 amide bonds. The fourth-order valence-electron chi connectivity index (χ4n) is 11.1. The maximum atomic E-state index is 12.4. The number of esters is 1. The summed E-state index contributed by atoms with van der Waals surface area (Å²) in [6, 6.07) is -0.534. The number of amides is 1. The lowest BCUT2D eigenvalue weighted by atomic mass is 10.0. The van der Waals surface area contributed by atoms with Gasteiger partial charge < -0.3 is 20.3 Å². The zero-order chi connectivity index (χ0) is 55.7. The van der Waals surface area contributed by atoms with E-state index in [1.807, 2.05) is 0 Å². The Kier molecular flexibility index (Phi) is 65.4. The third kappa shape index (κ3) is 63.4. The Bertz CT molecular complexity index is 1200. The molecule has 0 radical (unpaired) electrons. The first-order valence-electron chi connectivity index (χ1n) is 35.1. The van der Waals surface area contributed by atoms with Gasteiger partial charge in [0.1, 0.15) is 0 Å². The van der Waals surface area contributed by atoms with Gasteiger partial charge in [-0.15, -0.1) is 0 Å². The Balaban J connectivity index is 3.27. The molecule has 77 heavy (non-hydrogen) atoms. The molecule has 0 aromatic heterocycles. The summed E-state index contributed by atoms with van der Waals surface area (Å²) in [7, 11) is 0. The molecule has 0 saturated carbocycles. The quantitative estimate of drug-likeness (QED) is 0.0320. The van der Waals surface area contributed by atoms with Crippen LogP contribution >= 0.6 is 0 Å². The molecule has 0 fully saturated rings. The maximum Gasteiger partial charge on any atom is 0.305 e. The van der Waals surface area contributed by atoms with Gasteiger partial charge in [-0.2, -0.15) is 0 Å². The van der Waals surface area contributed by atoms with Crippen LogP contribution in [0.5, 0.6) is 0 Å². The van der Waals surface area contributed by atoms with Crippen molar-refractivity contribution in [3.8, 4) is 0 Å². The van der Waals surface area contributed by atoms with Crippen LogP contribution in [0.2, 0.25) is 0 Å². The average molecular weight is 1080 g/mol. The van der Waals surface area contributed by atoms with E-state index in [0.717, 1.165) is 51.4 Å². The van der Waals surface area contributed by atoms with Gasteiger partial charge in [0.2, 0.25) is 5.91 Å². The second-order valence-electron chi connectivity index (χ2n) is 24.2. The van der Waals surface area contributed by atoms with Gasteiger partial charge in [-0.1, -0.05) is 346 Å². The molecule has 0 heterocycles. The van der Waals surface area contributed by atoms with Gasteiger partial charge >= 0.3 is 5.97 Å². The number of hydrogen-bond acceptors (Lipinski definition) is 5. The summed E-state index contributed by atoms with van der Waals surface area (Å²) in [5, 5.41) is 23.1. The summed E-state index contributed by atoms with van der Waals surface area (Å²) in [5.41, 5.74) is 0. The van der Waals surface area contributed by atoms with Crippen molar-refractivity contribution in [1.29, 1.82) is 0 Å². The highest BCUT2D eigenvalue weighted by molar-refractivity contribution is 5.76. The van der Waals surface area contributed by atoms with Crippen LogP contribution in [-0.4, -0.2) is 47.4 Å². The largest absolute Gasteiger partial charge is 0.466 e. The topological polar surface area (TPSA) is 95.9 Å². The zero-order valence-corrected chi connectivity index (χ0v) is 52.2. The van der Waals surface area contributed by atoms with Crippen molar-refractivity contribution in [2.75, 3.05) is 13.2 Å². The number of hydrogen-bond donors (Lipinski definition) is 3. The van der Waals surface area contributed by atoms with Crippen LogP contribution in [0, 0.1) is 0 Å². The monoisotopic (exact) mass is 1080 g/mol. The maximum absolute atomic E-state index is 12.4. The predicted molar refractivity (Wildman–Crippen MR) is 338 cm³/mol. The highest BCUT2D eigenvalue weighted by Gasteiger charge is 2.20. The molecule has 2 unspecified atom stereocenters. The molecule has 456 valence electrons. The van der Waals surface area contributed by atoms with Gasteiger partial charge in [-0.25, -0.2) is 0 Å². The van der Waals surface area contributed by atoms with Crippen molar-refractivity contribution in [3.63, 3.8) is 0 Å². The summed E-state index contributed by atoms with van der Waals surface area (Å²) in [6.45, 7) is 4.94. The molecule has 0 aliphatic heterocycles. The van der Waals surface area contributed by atoms with Gasteiger partial charge in [-0.05, 0) is 57.8 Å². The predicted octanol–water partition coefficient (Wildman–Crippen LogP) is 22.5. The minimum Gasteiger partial charge on any atom is -0.466 e. The molecule has 2 atom stereocenters. The third-order valence-corrected chi connectivity index (χ3v) is 16.5. The van der Waals surface area contributed by atoms with Crippen LogP contribution in [0.25, 0.3) is 0 Å². The van der Waals surface area contributed by atoms with E-state index in [1.54, 1.807) is 0 Å². The molecule has 0 rings (SSSR count). The summed E-state index contributed by atoms with van der Waals surface area (Å²) in [6.07, 6.45) is 84.0. The van der Waals surface area contributed by atoms with E-state index >= 15 is 0 Å². The lowest BCUT2D eigenvalue weighted by Crippen LogP contribution is -2.45. The average Bonchev–Trinajstić information content (AvgIpc) is 3.43. The first-order chi connectivity index (χ1) is 38.0. The fourth-order valence-corrected chi connectivity index (χ4v) is 11.1. The number of carbonyl (C=O) groups is 2. The molecule has 0 aliphatic carbocycles. The van der Waals surface area contributed by atoms with Gasteiger partial charge in [0, 0.05) is 12.8 Å². The molecule has 0 aromatic carbocycles. The number of aliphatic hydroxyl groups excluding tert-OH is 2. The Morgan fingerprint density at radius 3 is 1.00 bits per heavy atom. The number of carbonyl (C=O) groups excluding carboxylic acids is 2. The minimum atomic E-state index is -0.657. The number of unbranched alkanes of at least 4 members (excludes halogenated alkanes) is 51. The third-order valence-electron chi connectivity index (χ3n) is 16.5. The van der Waals surface area contributed by atoms with Crippen LogP contribution in [0.4, 0.5) is 0 Å². The summed E-state index contributed by atoms with van der Waals surface area (Å²) >= 11 is 0. The fraction of sp³-hybridized carbons (Fsp3) is 0.915. The molecule has 0 saturated heterocycles. The van der Waals surface area contributed by atoms with Gasteiger partial charge in [0.15, 0.2) is 0 Å². The Labute approximate surface area is 481 Å². The highest BCUT2D eigenvalue weighted by atomic mass is 16.5. The molecule has 0 aromatic rings. The lowest BCUT2D eigenvalue weighted by Gasteiger charge is -2.22. The van der Waals surface area contributed by atoms with Crippen LogP contribution < -0.4 is 5.32 Å². The Morgan fingerprint density at radius 1 is 0.364 bits per heavy atom. The standard InChI is InChI=1S/C71H137NO5/c1-3-5-7-9-11-13-14-15-16-39-42-45-49-53-57-61-65-71(76)77-66-62-58-54-50-46-43-40-37-35-33-31-29-27-25-23-21-19-17-18-20-22-24-26-28-30-32-34-36-38-41-44-48-52-56-60-64-70(75)72-68(67-73)69(74)63-59-55-51-47-12-10-8-6-4-2/h13-14,16,39,68-69,73-74H,3-12,15,17-38,40-67H2,1-2H3,(H,72,75)/b14-13-,39-16-. The molecular weight excluding hydrogens is 947 g/mol. The van der Waals surface area contributed by atoms with Gasteiger partial charge in [-0.3, -0.25) is 9.59 Å². The van der Waals surface area contributed by atoms with Crippen molar-refractivity contribution in [2.24, 2.45) is 0 Å². The van der Waals surface area contributed by atoms with Crippen LogP contribution in [0.3, 0.4) is 0 Å². The van der Waals surface area contributed by atoms with E-state index < -0.39 is 12.1 Å². The van der Waals surface area contributed by atoms with Crippen molar-refractivity contribution in [2.45, 2.75) is 405 Å². The molecule has 0 aliphatic rings. The molecule has 6 nitrogen and oxygen atoms in total. The number of ether oxygens (including phenoxy) is 1. The normalized spacial score (nSPS) is 12.6. The molecular formula is C71H137NO5. The van der Waals surface area contributed by atoms with Crippen molar-refractivity contribution >= 4 is 11.9 Å². The summed E-state index contributed by atoms with van der Waals surface area (Å²) in [4.78, 5) is 24.5. The van der Waals surface area contributed by atoms with E-state index in [1.165, 1.54) is 308 Å². The molecule has 0 bridgehead atoms. The first-order valence-corrected chi connectivity index (χ1v) is 35.1. The smallest absolute Gasteiger partial charge is 0.305 e. The lowest BCUT2D eigenvalue weighted by molar-refractivity contribution is -0.143. The van der Waals surface area contributed by atoms with Crippen molar-refractivity contribution < 1.29 is 24.5 Å². The van der Waals surface area contributed by atoms with E-state index in [9.17, 15) is 19.8 Å². The summed E-state index contributed by atoms with van der Waals surface area (Å²) < 4.78 is 5.49. The SMILES string of the molecule is CCCCCC/C=C\C/C=C\CCCCCCCC(=O)OCCCCCCCCCCCCCCCCCCCCCCCCCCCCCCCCCCCCCC(=O)NC(CO)C(O)CCCCCCCCCCC. The number of aliphatic hydroxyl groups is 2. The van der Waals surface area contributed by atoms with E-state index in [-0.39, 0.29) is 18.5 Å². The molecule has 0 spiro atoms. The highest BCUT2D eigenvalue weighted by Crippen LogP contribution is 2.19. The van der Waals surface area contributed by atoms with Crippen LogP contribution in [-0.2, 0) is 14.3 Å². The van der Waals surface area contributed by atoms with Crippen LogP contribution in [0.15, 0.2) is 24.3 Å². The molecule has 3 N–H and O–H groups in total. The number of nitrogens with one attached hydrogen (secondary N) is 1. The van der Waals surface area contributed by atoms with Gasteiger partial charge in [0.25, 0.3) is 0 Å². The van der Waals surface area contributed by atoms with Gasteiger partial charge in [0.05, 0.1) is 25.4 Å². The number of allylic oxidation sites excluding steroid dienone is 4. The van der Waals surface area contributed by atoms with E-state index in [0.29, 0.717) is 25.9 Å². The van der Waals surface area contributed by atoms with Crippen LogP contribution in [0.1, 0.15) is 393 Å². The van der Waals surface area contributed by atoms with Crippen molar-refractivity contribution in [1.82, 2.24) is 5.32 Å². The molecule has 6 heteroatoms. The number of rotatable bonds is 66.